The van der Waals surface area contributed by atoms with Gasteiger partial charge < -0.3 is 14.2 Å². The molecule has 0 aromatic carbocycles. The Morgan fingerprint density at radius 3 is 2.64 bits per heavy atom. The van der Waals surface area contributed by atoms with Crippen molar-refractivity contribution in [3.8, 4) is 0 Å². The minimum atomic E-state index is -1.51. The predicted octanol–water partition coefficient (Wildman–Crippen LogP) is 1.16. The molecular formula is C21H22O7. The molecule has 5 aliphatic rings. The molecule has 0 N–H and O–H groups in total. The lowest BCUT2D eigenvalue weighted by molar-refractivity contribution is -0.166. The van der Waals surface area contributed by atoms with Gasteiger partial charge >= 0.3 is 11.9 Å². The topological polar surface area (TPSA) is 96.0 Å². The van der Waals surface area contributed by atoms with Crippen molar-refractivity contribution < 1.29 is 33.4 Å². The third-order valence-electron chi connectivity index (χ3n) is 8.37. The molecule has 0 aromatic rings. The van der Waals surface area contributed by atoms with Gasteiger partial charge in [-0.2, -0.15) is 0 Å². The number of rotatable bonds is 2. The van der Waals surface area contributed by atoms with Gasteiger partial charge in [-0.05, 0) is 38.3 Å². The second-order valence-corrected chi connectivity index (χ2v) is 8.94. The zero-order valence-corrected chi connectivity index (χ0v) is 16.1. The van der Waals surface area contributed by atoms with Crippen LogP contribution in [0.1, 0.15) is 26.2 Å². The molecule has 3 saturated carbocycles. The van der Waals surface area contributed by atoms with Crippen LogP contribution >= 0.6 is 0 Å². The molecule has 28 heavy (non-hydrogen) atoms. The molecule has 1 aliphatic heterocycles. The van der Waals surface area contributed by atoms with E-state index in [2.05, 4.69) is 6.58 Å². The number of allylic oxidation sites excluding steroid dienone is 1. The first-order chi connectivity index (χ1) is 13.2. The average Bonchev–Trinajstić information content (AvgIpc) is 3.11. The highest BCUT2D eigenvalue weighted by Crippen LogP contribution is 2.76. The van der Waals surface area contributed by atoms with Crippen molar-refractivity contribution >= 4 is 23.5 Å². The number of ketones is 2. The van der Waals surface area contributed by atoms with Crippen molar-refractivity contribution in [2.24, 2.45) is 28.6 Å². The Labute approximate surface area is 162 Å². The van der Waals surface area contributed by atoms with E-state index in [1.807, 2.05) is 0 Å². The summed E-state index contributed by atoms with van der Waals surface area (Å²) in [5.74, 6) is -4.06. The summed E-state index contributed by atoms with van der Waals surface area (Å²) in [7, 11) is 2.80. The molecule has 0 amide bonds. The lowest BCUT2D eigenvalue weighted by Gasteiger charge is -2.44. The first-order valence-electron chi connectivity index (χ1n) is 9.50. The summed E-state index contributed by atoms with van der Waals surface area (Å²) in [6.07, 6.45) is 4.33. The van der Waals surface area contributed by atoms with E-state index in [0.717, 1.165) is 0 Å². The molecule has 4 bridgehead atoms. The summed E-state index contributed by atoms with van der Waals surface area (Å²) < 4.78 is 16.7. The van der Waals surface area contributed by atoms with Gasteiger partial charge in [0.1, 0.15) is 11.0 Å². The summed E-state index contributed by atoms with van der Waals surface area (Å²) in [5, 5.41) is 0. The number of hydrogen-bond acceptors (Lipinski definition) is 7. The van der Waals surface area contributed by atoms with E-state index in [1.165, 1.54) is 20.1 Å². The Morgan fingerprint density at radius 2 is 2.00 bits per heavy atom. The largest absolute Gasteiger partial charge is 0.469 e. The molecule has 1 saturated heterocycles. The zero-order chi connectivity index (χ0) is 20.3. The van der Waals surface area contributed by atoms with Gasteiger partial charge in [0, 0.05) is 24.5 Å². The summed E-state index contributed by atoms with van der Waals surface area (Å²) in [4.78, 5) is 52.3. The minimum Gasteiger partial charge on any atom is -0.469 e. The third kappa shape index (κ3) is 1.46. The molecule has 148 valence electrons. The van der Waals surface area contributed by atoms with E-state index in [0.29, 0.717) is 18.4 Å². The number of carbonyl (C=O) groups is 4. The standard InChI is InChI=1S/C21H22O7/c1-10-15(23)20-9-19(10,27-4)7-5-11(20)21-8-6-12(22)18(2,17(25)28-21)14(21)13(20)16(24)26-3/h6,8,11,13-14H,1,5,7,9H2,2-4H3/t11-,13-,14-,18+,19+,20-,21-/m1/s1. The molecule has 0 radical (unpaired) electrons. The Bertz CT molecular complexity index is 918. The van der Waals surface area contributed by atoms with Crippen molar-refractivity contribution in [2.75, 3.05) is 14.2 Å². The maximum absolute atomic E-state index is 13.6. The van der Waals surface area contributed by atoms with Gasteiger partial charge in [-0.15, -0.1) is 0 Å². The van der Waals surface area contributed by atoms with E-state index < -0.39 is 57.5 Å². The lowest BCUT2D eigenvalue weighted by atomic mass is 9.61. The van der Waals surface area contributed by atoms with Gasteiger partial charge in [0.05, 0.1) is 24.0 Å². The maximum atomic E-state index is 13.6. The second kappa shape index (κ2) is 4.82. The van der Waals surface area contributed by atoms with E-state index in [9.17, 15) is 19.2 Å². The van der Waals surface area contributed by atoms with Crippen molar-refractivity contribution in [2.45, 2.75) is 37.4 Å². The fourth-order valence-corrected chi connectivity index (χ4v) is 7.14. The van der Waals surface area contributed by atoms with Crippen molar-refractivity contribution in [1.29, 1.82) is 0 Å². The molecule has 4 aliphatic carbocycles. The Balaban J connectivity index is 1.82. The van der Waals surface area contributed by atoms with Crippen LogP contribution in [-0.4, -0.2) is 48.9 Å². The summed E-state index contributed by atoms with van der Waals surface area (Å²) >= 11 is 0. The Morgan fingerprint density at radius 1 is 1.29 bits per heavy atom. The molecule has 1 heterocycles. The van der Waals surface area contributed by atoms with E-state index in [1.54, 1.807) is 13.2 Å². The number of fused-ring (bicyclic) bond motifs is 1. The van der Waals surface area contributed by atoms with Crippen LogP contribution < -0.4 is 0 Å². The van der Waals surface area contributed by atoms with Crippen molar-refractivity contribution in [3.63, 3.8) is 0 Å². The number of methoxy groups -OCH3 is 2. The summed E-state index contributed by atoms with van der Waals surface area (Å²) in [6.45, 7) is 5.52. The average molecular weight is 386 g/mol. The van der Waals surface area contributed by atoms with Crippen LogP contribution in [0.4, 0.5) is 0 Å². The van der Waals surface area contributed by atoms with Crippen molar-refractivity contribution in [1.82, 2.24) is 0 Å². The highest BCUT2D eigenvalue weighted by Gasteiger charge is 2.86. The normalized spacial score (nSPS) is 50.5. The molecule has 1 spiro atoms. The summed E-state index contributed by atoms with van der Waals surface area (Å²) in [6, 6.07) is 0. The zero-order valence-electron chi connectivity index (χ0n) is 16.1. The molecule has 0 aromatic heterocycles. The SMILES string of the molecule is C=C1C(=O)[C@]23C[C@@]1(OC)CC[C@H]2[C@@]12C=CC(=O)[C@](C)(C(=O)O1)[C@H]2[C@@H]3C(=O)OC. The quantitative estimate of drug-likeness (QED) is 0.399. The van der Waals surface area contributed by atoms with Crippen LogP contribution in [0, 0.1) is 28.6 Å². The predicted molar refractivity (Wildman–Crippen MR) is 93.7 cm³/mol. The van der Waals surface area contributed by atoms with Gasteiger partial charge in [-0.3, -0.25) is 19.2 Å². The first-order valence-corrected chi connectivity index (χ1v) is 9.50. The highest BCUT2D eigenvalue weighted by molar-refractivity contribution is 6.14. The van der Waals surface area contributed by atoms with Crippen LogP contribution in [0.15, 0.2) is 24.3 Å². The van der Waals surface area contributed by atoms with Crippen LogP contribution in [0.2, 0.25) is 0 Å². The molecule has 5 rings (SSSR count). The van der Waals surface area contributed by atoms with E-state index >= 15 is 0 Å². The smallest absolute Gasteiger partial charge is 0.321 e. The molecule has 7 heteroatoms. The summed E-state index contributed by atoms with van der Waals surface area (Å²) in [5.41, 5.74) is -4.32. The monoisotopic (exact) mass is 386 g/mol. The first kappa shape index (κ1) is 17.8. The van der Waals surface area contributed by atoms with Gasteiger partial charge in [0.25, 0.3) is 0 Å². The van der Waals surface area contributed by atoms with Crippen LogP contribution in [-0.2, 0) is 33.4 Å². The Hall–Kier alpha value is -2.28. The van der Waals surface area contributed by atoms with Gasteiger partial charge in [-0.1, -0.05) is 6.58 Å². The van der Waals surface area contributed by atoms with Crippen molar-refractivity contribution in [3.05, 3.63) is 24.3 Å². The third-order valence-corrected chi connectivity index (χ3v) is 8.37. The van der Waals surface area contributed by atoms with Crippen LogP contribution in [0.3, 0.4) is 0 Å². The fraction of sp³-hybridized carbons (Fsp3) is 0.619. The molecule has 4 fully saturated rings. The lowest BCUT2D eigenvalue weighted by Crippen LogP contribution is -2.50. The highest BCUT2D eigenvalue weighted by atomic mass is 16.6. The van der Waals surface area contributed by atoms with Crippen LogP contribution in [0.25, 0.3) is 0 Å². The van der Waals surface area contributed by atoms with Gasteiger partial charge in [-0.25, -0.2) is 0 Å². The number of carbonyl (C=O) groups excluding carboxylic acids is 4. The van der Waals surface area contributed by atoms with E-state index in [-0.39, 0.29) is 12.2 Å². The molecule has 0 unspecified atom stereocenters. The van der Waals surface area contributed by atoms with E-state index in [4.69, 9.17) is 14.2 Å². The molecule has 7 nitrogen and oxygen atoms in total. The number of ether oxygens (including phenoxy) is 3. The minimum absolute atomic E-state index is 0.234. The fourth-order valence-electron chi connectivity index (χ4n) is 7.14. The molecular weight excluding hydrogens is 364 g/mol. The number of Topliss-reactive ketones (excluding diaryl/α,β-unsaturated/α-hetero) is 1. The second-order valence-electron chi connectivity index (χ2n) is 8.94. The van der Waals surface area contributed by atoms with Gasteiger partial charge in [0.15, 0.2) is 11.6 Å². The number of hydrogen-bond donors (Lipinski definition) is 0. The number of esters is 2. The van der Waals surface area contributed by atoms with Crippen LogP contribution in [0.5, 0.6) is 0 Å². The Kier molecular flexibility index (Phi) is 3.06. The maximum Gasteiger partial charge on any atom is 0.321 e. The van der Waals surface area contributed by atoms with Gasteiger partial charge in [0.2, 0.25) is 0 Å². The molecule has 7 atom stereocenters.